The van der Waals surface area contributed by atoms with E-state index in [1.54, 1.807) is 4.68 Å². The molecule has 0 saturated carbocycles. The zero-order chi connectivity index (χ0) is 18.8. The molecule has 1 aliphatic rings. The average molecular weight is 427 g/mol. The molecular weight excluding hydrogens is 408 g/mol. The summed E-state index contributed by atoms with van der Waals surface area (Å²) in [5, 5.41) is 8.13. The average Bonchev–Trinajstić information content (AvgIpc) is 3.30. The molecule has 2 heterocycles. The number of nitrogens with one attached hydrogen (secondary N) is 1. The fourth-order valence-corrected chi connectivity index (χ4v) is 3.78. The van der Waals surface area contributed by atoms with Gasteiger partial charge >= 0.3 is 0 Å². The highest BCUT2D eigenvalue weighted by molar-refractivity contribution is 9.10. The zero-order valence-corrected chi connectivity index (χ0v) is 16.3. The summed E-state index contributed by atoms with van der Waals surface area (Å²) >= 11 is 3.39. The minimum Gasteiger partial charge on any atom is -0.337 e. The molecule has 1 N–H and O–H groups in total. The minimum atomic E-state index is -0.193. The molecule has 7 heteroatoms. The largest absolute Gasteiger partial charge is 0.337 e. The number of aromatic nitrogens is 2. The number of carbonyl (C=O) groups is 2. The van der Waals surface area contributed by atoms with Gasteiger partial charge in [0, 0.05) is 28.6 Å². The summed E-state index contributed by atoms with van der Waals surface area (Å²) in [4.78, 5) is 27.2. The second-order valence-corrected chi connectivity index (χ2v) is 7.50. The molecule has 1 saturated heterocycles. The summed E-state index contributed by atoms with van der Waals surface area (Å²) in [6, 6.07) is 15.0. The van der Waals surface area contributed by atoms with Crippen LogP contribution in [0.15, 0.2) is 53.0 Å². The lowest BCUT2D eigenvalue weighted by atomic mass is 10.2. The van der Waals surface area contributed by atoms with E-state index in [1.165, 1.54) is 0 Å². The Hall–Kier alpha value is -2.67. The van der Waals surface area contributed by atoms with Crippen LogP contribution in [0.5, 0.6) is 0 Å². The standard InChI is InChI=1S/C20H19BrN4O2/c21-14-6-5-7-15(12-14)22-18(26)13-25-17-9-2-1-8-16(17)19(23-25)20(27)24-10-3-4-11-24/h1-2,5-9,12H,3-4,10-11,13H2,(H,22,26). The summed E-state index contributed by atoms with van der Waals surface area (Å²) in [6.45, 7) is 1.58. The highest BCUT2D eigenvalue weighted by Crippen LogP contribution is 2.22. The van der Waals surface area contributed by atoms with Gasteiger partial charge in [-0.3, -0.25) is 14.3 Å². The molecule has 3 aromatic rings. The molecule has 138 valence electrons. The Bertz CT molecular complexity index is 1010. The first kappa shape index (κ1) is 17.7. The lowest BCUT2D eigenvalue weighted by Crippen LogP contribution is -2.28. The Morgan fingerprint density at radius 2 is 1.85 bits per heavy atom. The molecule has 0 radical (unpaired) electrons. The van der Waals surface area contributed by atoms with E-state index in [0.717, 1.165) is 41.3 Å². The van der Waals surface area contributed by atoms with E-state index in [-0.39, 0.29) is 18.4 Å². The van der Waals surface area contributed by atoms with Crippen molar-refractivity contribution in [3.63, 3.8) is 0 Å². The Balaban J connectivity index is 1.60. The molecule has 0 spiro atoms. The van der Waals surface area contributed by atoms with Crippen molar-refractivity contribution in [1.82, 2.24) is 14.7 Å². The minimum absolute atomic E-state index is 0.0420. The molecule has 0 aliphatic carbocycles. The topological polar surface area (TPSA) is 67.2 Å². The van der Waals surface area contributed by atoms with Crippen molar-refractivity contribution in [2.45, 2.75) is 19.4 Å². The maximum Gasteiger partial charge on any atom is 0.275 e. The summed E-state index contributed by atoms with van der Waals surface area (Å²) < 4.78 is 2.50. The highest BCUT2D eigenvalue weighted by Gasteiger charge is 2.25. The van der Waals surface area contributed by atoms with Crippen LogP contribution in [0, 0.1) is 0 Å². The molecule has 1 aromatic heterocycles. The van der Waals surface area contributed by atoms with Crippen LogP contribution in [0.3, 0.4) is 0 Å². The first-order valence-corrected chi connectivity index (χ1v) is 9.71. The van der Waals surface area contributed by atoms with Gasteiger partial charge in [0.15, 0.2) is 5.69 Å². The normalized spacial score (nSPS) is 13.9. The van der Waals surface area contributed by atoms with Gasteiger partial charge in [-0.1, -0.05) is 40.2 Å². The van der Waals surface area contributed by atoms with Gasteiger partial charge in [0.1, 0.15) is 6.54 Å². The van der Waals surface area contributed by atoms with E-state index in [9.17, 15) is 9.59 Å². The van der Waals surface area contributed by atoms with Crippen LogP contribution in [0.2, 0.25) is 0 Å². The predicted octanol–water partition coefficient (Wildman–Crippen LogP) is 3.67. The molecule has 4 rings (SSSR count). The first-order valence-electron chi connectivity index (χ1n) is 8.92. The van der Waals surface area contributed by atoms with Crippen LogP contribution in [0.4, 0.5) is 5.69 Å². The van der Waals surface area contributed by atoms with Crippen LogP contribution in [0.1, 0.15) is 23.3 Å². The molecule has 1 fully saturated rings. The molecule has 2 aromatic carbocycles. The molecule has 0 unspecified atom stereocenters. The van der Waals surface area contributed by atoms with E-state index >= 15 is 0 Å². The van der Waals surface area contributed by atoms with Gasteiger partial charge < -0.3 is 10.2 Å². The number of carbonyl (C=O) groups excluding carboxylic acids is 2. The number of para-hydroxylation sites is 1. The SMILES string of the molecule is O=C(Cn1nc(C(=O)N2CCCC2)c2ccccc21)Nc1cccc(Br)c1. The summed E-state index contributed by atoms with van der Waals surface area (Å²) in [6.07, 6.45) is 2.05. The van der Waals surface area contributed by atoms with Crippen molar-refractivity contribution in [3.05, 3.63) is 58.7 Å². The number of amides is 2. The number of fused-ring (bicyclic) bond motifs is 1. The Kier molecular flexibility index (Phi) is 4.94. The molecular formula is C20H19BrN4O2. The molecule has 0 atom stereocenters. The maximum absolute atomic E-state index is 12.8. The third-order valence-electron chi connectivity index (χ3n) is 4.66. The summed E-state index contributed by atoms with van der Waals surface area (Å²) in [7, 11) is 0. The van der Waals surface area contributed by atoms with E-state index in [2.05, 4.69) is 26.3 Å². The molecule has 0 bridgehead atoms. The van der Waals surface area contributed by atoms with Crippen molar-refractivity contribution in [2.75, 3.05) is 18.4 Å². The van der Waals surface area contributed by atoms with E-state index in [0.29, 0.717) is 11.4 Å². The number of anilines is 1. The Morgan fingerprint density at radius 1 is 1.07 bits per heavy atom. The summed E-state index contributed by atoms with van der Waals surface area (Å²) in [5.74, 6) is -0.253. The fourth-order valence-electron chi connectivity index (χ4n) is 3.38. The van der Waals surface area contributed by atoms with E-state index < -0.39 is 0 Å². The van der Waals surface area contributed by atoms with Gasteiger partial charge in [0.25, 0.3) is 5.91 Å². The van der Waals surface area contributed by atoms with Gasteiger partial charge in [0.05, 0.1) is 5.52 Å². The van der Waals surface area contributed by atoms with Crippen molar-refractivity contribution in [1.29, 1.82) is 0 Å². The van der Waals surface area contributed by atoms with Crippen molar-refractivity contribution < 1.29 is 9.59 Å². The van der Waals surface area contributed by atoms with Gasteiger partial charge in [-0.15, -0.1) is 0 Å². The molecule has 1 aliphatic heterocycles. The van der Waals surface area contributed by atoms with Crippen molar-refractivity contribution in [2.24, 2.45) is 0 Å². The predicted molar refractivity (Wildman–Crippen MR) is 108 cm³/mol. The fraction of sp³-hybridized carbons (Fsp3) is 0.250. The second-order valence-electron chi connectivity index (χ2n) is 6.58. The number of rotatable bonds is 4. The quantitative estimate of drug-likeness (QED) is 0.691. The number of hydrogen-bond donors (Lipinski definition) is 1. The molecule has 2 amide bonds. The van der Waals surface area contributed by atoms with Crippen LogP contribution < -0.4 is 5.32 Å². The van der Waals surface area contributed by atoms with Crippen LogP contribution in [-0.4, -0.2) is 39.6 Å². The monoisotopic (exact) mass is 426 g/mol. The second kappa shape index (κ2) is 7.52. The smallest absolute Gasteiger partial charge is 0.275 e. The van der Waals surface area contributed by atoms with Crippen LogP contribution in [0.25, 0.3) is 10.9 Å². The van der Waals surface area contributed by atoms with E-state index in [1.807, 2.05) is 53.4 Å². The number of halogens is 1. The third-order valence-corrected chi connectivity index (χ3v) is 5.15. The number of benzene rings is 2. The maximum atomic E-state index is 12.8. The van der Waals surface area contributed by atoms with Gasteiger partial charge in [-0.05, 0) is 37.1 Å². The van der Waals surface area contributed by atoms with Gasteiger partial charge in [-0.2, -0.15) is 5.10 Å². The van der Waals surface area contributed by atoms with Crippen molar-refractivity contribution in [3.8, 4) is 0 Å². The number of likely N-dealkylation sites (tertiary alicyclic amines) is 1. The van der Waals surface area contributed by atoms with Gasteiger partial charge in [-0.25, -0.2) is 0 Å². The number of nitrogens with zero attached hydrogens (tertiary/aromatic N) is 3. The summed E-state index contributed by atoms with van der Waals surface area (Å²) in [5.41, 5.74) is 1.91. The molecule has 6 nitrogen and oxygen atoms in total. The lowest BCUT2D eigenvalue weighted by molar-refractivity contribution is -0.116. The Morgan fingerprint density at radius 3 is 2.63 bits per heavy atom. The van der Waals surface area contributed by atoms with Crippen LogP contribution in [-0.2, 0) is 11.3 Å². The zero-order valence-electron chi connectivity index (χ0n) is 14.7. The van der Waals surface area contributed by atoms with E-state index in [4.69, 9.17) is 0 Å². The number of hydrogen-bond acceptors (Lipinski definition) is 3. The third kappa shape index (κ3) is 3.73. The Labute approximate surface area is 165 Å². The lowest BCUT2D eigenvalue weighted by Gasteiger charge is -2.13. The first-order chi connectivity index (χ1) is 13.1. The van der Waals surface area contributed by atoms with Crippen LogP contribution >= 0.6 is 15.9 Å². The highest BCUT2D eigenvalue weighted by atomic mass is 79.9. The molecule has 27 heavy (non-hydrogen) atoms. The van der Waals surface area contributed by atoms with Gasteiger partial charge in [0.2, 0.25) is 5.91 Å². The van der Waals surface area contributed by atoms with Crippen molar-refractivity contribution >= 4 is 44.3 Å².